The molecule has 48 valence electrons. The highest BCUT2D eigenvalue weighted by Gasteiger charge is 1.95. The van der Waals surface area contributed by atoms with Crippen molar-refractivity contribution in [2.24, 2.45) is 0 Å². The Bertz CT molecular complexity index is 78.6. The molecule has 1 nitrogen and oxygen atoms in total. The van der Waals surface area contributed by atoms with E-state index in [9.17, 15) is 0 Å². The van der Waals surface area contributed by atoms with Crippen molar-refractivity contribution in [3.8, 4) is 0 Å². The van der Waals surface area contributed by atoms with Crippen molar-refractivity contribution >= 4 is 9.04 Å². The fourth-order valence-corrected chi connectivity index (χ4v) is 1.25. The molecule has 0 aliphatic rings. The van der Waals surface area contributed by atoms with Gasteiger partial charge in [-0.05, 0) is 19.5 Å². The van der Waals surface area contributed by atoms with Crippen molar-refractivity contribution < 1.29 is 4.43 Å². The molecule has 0 aromatic heterocycles. The molecule has 0 radical (unpaired) electrons. The summed E-state index contributed by atoms with van der Waals surface area (Å²) in [7, 11) is -0.846. The molecule has 8 heavy (non-hydrogen) atoms. The molecule has 0 aromatic carbocycles. The quantitative estimate of drug-likeness (QED) is 0.419. The molecule has 0 aliphatic heterocycles. The van der Waals surface area contributed by atoms with Crippen molar-refractivity contribution in [2.75, 3.05) is 0 Å². The molecule has 0 unspecified atom stereocenters. The molecular weight excluding hydrogens is 116 g/mol. The predicted molar refractivity (Wildman–Crippen MR) is 39.4 cm³/mol. The first-order chi connectivity index (χ1) is 3.66. The second-order valence-electron chi connectivity index (χ2n) is 2.06. The summed E-state index contributed by atoms with van der Waals surface area (Å²) < 4.78 is 5.34. The Morgan fingerprint density at radius 3 is 2.25 bits per heavy atom. The fraction of sp³-hybridized carbons (Fsp3) is 0.667. The molecule has 0 saturated carbocycles. The Labute approximate surface area is 53.1 Å². The van der Waals surface area contributed by atoms with Crippen LogP contribution in [-0.2, 0) is 4.43 Å². The molecule has 0 rings (SSSR count). The lowest BCUT2D eigenvalue weighted by atomic mass is 10.4. The Morgan fingerprint density at radius 2 is 2.12 bits per heavy atom. The topological polar surface area (TPSA) is 9.23 Å². The minimum atomic E-state index is -0.846. The van der Waals surface area contributed by atoms with Gasteiger partial charge in [0, 0.05) is 0 Å². The lowest BCUT2D eigenvalue weighted by Crippen LogP contribution is -2.05. The molecule has 0 spiro atoms. The summed E-state index contributed by atoms with van der Waals surface area (Å²) in [4.78, 5) is 0. The average Bonchev–Trinajstić information content (AvgIpc) is 1.65. The van der Waals surface area contributed by atoms with Crippen LogP contribution in [0.5, 0.6) is 0 Å². The summed E-state index contributed by atoms with van der Waals surface area (Å²) in [5.74, 6) is 0.937. The van der Waals surface area contributed by atoms with E-state index in [1.807, 2.05) is 0 Å². The highest BCUT2D eigenvalue weighted by atomic mass is 28.3. The second-order valence-corrected chi connectivity index (χ2v) is 4.39. The van der Waals surface area contributed by atoms with E-state index in [4.69, 9.17) is 4.43 Å². The summed E-state index contributed by atoms with van der Waals surface area (Å²) in [5.41, 5.74) is 0. The van der Waals surface area contributed by atoms with Gasteiger partial charge in [0.15, 0.2) is 0 Å². The Hall–Kier alpha value is -0.243. The standard InChI is InChI=1S/C6H14OSi/c1-5-6(2)7-8(3)4/h8H,2,5H2,1,3-4H3. The summed E-state index contributed by atoms with van der Waals surface area (Å²) in [5, 5.41) is 0. The van der Waals surface area contributed by atoms with Gasteiger partial charge in [0.05, 0.1) is 5.76 Å². The maximum atomic E-state index is 5.34. The van der Waals surface area contributed by atoms with E-state index in [1.165, 1.54) is 0 Å². The Morgan fingerprint density at radius 1 is 1.62 bits per heavy atom. The number of hydrogen-bond donors (Lipinski definition) is 0. The second kappa shape index (κ2) is 3.72. The lowest BCUT2D eigenvalue weighted by molar-refractivity contribution is 0.426. The minimum Gasteiger partial charge on any atom is -0.550 e. The van der Waals surface area contributed by atoms with Crippen molar-refractivity contribution in [1.29, 1.82) is 0 Å². The van der Waals surface area contributed by atoms with Gasteiger partial charge in [-0.2, -0.15) is 0 Å². The van der Waals surface area contributed by atoms with Crippen molar-refractivity contribution in [3.05, 3.63) is 12.3 Å². The summed E-state index contributed by atoms with van der Waals surface area (Å²) in [6, 6.07) is 0. The van der Waals surface area contributed by atoms with Gasteiger partial charge in [0.2, 0.25) is 9.04 Å². The van der Waals surface area contributed by atoms with Crippen molar-refractivity contribution in [2.45, 2.75) is 26.4 Å². The molecule has 0 aliphatic carbocycles. The minimum absolute atomic E-state index is 0.846. The Balaban J connectivity index is 3.25. The van der Waals surface area contributed by atoms with E-state index < -0.39 is 9.04 Å². The van der Waals surface area contributed by atoms with Crippen LogP contribution in [0, 0.1) is 0 Å². The number of allylic oxidation sites excluding steroid dienone is 1. The molecule has 2 heteroatoms. The molecule has 0 saturated heterocycles. The average molecular weight is 130 g/mol. The molecule has 0 amide bonds. The van der Waals surface area contributed by atoms with Crippen LogP contribution in [-0.4, -0.2) is 9.04 Å². The van der Waals surface area contributed by atoms with Gasteiger partial charge in [-0.25, -0.2) is 0 Å². The first kappa shape index (κ1) is 7.76. The zero-order valence-corrected chi connectivity index (χ0v) is 7.05. The first-order valence-electron chi connectivity index (χ1n) is 3.01. The van der Waals surface area contributed by atoms with Crippen LogP contribution >= 0.6 is 0 Å². The predicted octanol–water partition coefficient (Wildman–Crippen LogP) is 1.91. The number of rotatable bonds is 3. The van der Waals surface area contributed by atoms with Crippen LogP contribution in [0.4, 0.5) is 0 Å². The summed E-state index contributed by atoms with van der Waals surface area (Å²) in [6.45, 7) is 10.1. The molecule has 0 heterocycles. The monoisotopic (exact) mass is 130 g/mol. The zero-order valence-electron chi connectivity index (χ0n) is 5.90. The van der Waals surface area contributed by atoms with Crippen molar-refractivity contribution in [3.63, 3.8) is 0 Å². The normalized spacial score (nSPS) is 9.50. The van der Waals surface area contributed by atoms with Gasteiger partial charge in [-0.15, -0.1) is 0 Å². The summed E-state index contributed by atoms with van der Waals surface area (Å²) >= 11 is 0. The van der Waals surface area contributed by atoms with Crippen LogP contribution in [0.15, 0.2) is 12.3 Å². The highest BCUT2D eigenvalue weighted by Crippen LogP contribution is 1.99. The molecule has 0 aromatic rings. The van der Waals surface area contributed by atoms with E-state index >= 15 is 0 Å². The smallest absolute Gasteiger partial charge is 0.229 e. The van der Waals surface area contributed by atoms with Gasteiger partial charge in [0.1, 0.15) is 0 Å². The molecular formula is C6H14OSi. The first-order valence-corrected chi connectivity index (χ1v) is 5.79. The molecule has 0 atom stereocenters. The van der Waals surface area contributed by atoms with E-state index in [0.717, 1.165) is 12.2 Å². The van der Waals surface area contributed by atoms with Crippen LogP contribution in [0.2, 0.25) is 13.1 Å². The molecule has 0 bridgehead atoms. The zero-order chi connectivity index (χ0) is 6.57. The SMILES string of the molecule is C=C(CC)O[SiH](C)C. The largest absolute Gasteiger partial charge is 0.550 e. The maximum absolute atomic E-state index is 5.34. The molecule has 0 fully saturated rings. The van der Waals surface area contributed by atoms with E-state index in [1.54, 1.807) is 0 Å². The van der Waals surface area contributed by atoms with Crippen LogP contribution in [0.3, 0.4) is 0 Å². The van der Waals surface area contributed by atoms with Crippen LogP contribution in [0.25, 0.3) is 0 Å². The highest BCUT2D eigenvalue weighted by molar-refractivity contribution is 6.48. The third-order valence-corrected chi connectivity index (χ3v) is 1.60. The lowest BCUT2D eigenvalue weighted by Gasteiger charge is -2.08. The Kier molecular flexibility index (Phi) is 3.61. The van der Waals surface area contributed by atoms with E-state index in [2.05, 4.69) is 26.6 Å². The maximum Gasteiger partial charge on any atom is 0.229 e. The summed E-state index contributed by atoms with van der Waals surface area (Å²) in [6.07, 6.45) is 0.950. The van der Waals surface area contributed by atoms with Gasteiger partial charge in [-0.3, -0.25) is 0 Å². The van der Waals surface area contributed by atoms with E-state index in [0.29, 0.717) is 0 Å². The van der Waals surface area contributed by atoms with Crippen LogP contribution < -0.4 is 0 Å². The van der Waals surface area contributed by atoms with Crippen LogP contribution in [0.1, 0.15) is 13.3 Å². The third kappa shape index (κ3) is 3.93. The van der Waals surface area contributed by atoms with E-state index in [-0.39, 0.29) is 0 Å². The van der Waals surface area contributed by atoms with Gasteiger partial charge < -0.3 is 4.43 Å². The fourth-order valence-electron chi connectivity index (χ4n) is 0.417. The number of hydrogen-bond acceptors (Lipinski definition) is 1. The molecule has 0 N–H and O–H groups in total. The van der Waals surface area contributed by atoms with Crippen molar-refractivity contribution in [1.82, 2.24) is 0 Å². The van der Waals surface area contributed by atoms with Gasteiger partial charge in [-0.1, -0.05) is 13.5 Å². The van der Waals surface area contributed by atoms with Gasteiger partial charge >= 0.3 is 0 Å². The van der Waals surface area contributed by atoms with Gasteiger partial charge in [0.25, 0.3) is 0 Å². The third-order valence-electron chi connectivity index (χ3n) is 0.797.